The van der Waals surface area contributed by atoms with Gasteiger partial charge in [-0.1, -0.05) is 19.3 Å². The van der Waals surface area contributed by atoms with Crippen LogP contribution in [0.15, 0.2) is 0 Å². The molecule has 0 unspecified atom stereocenters. The number of nitrogens with zero attached hydrogens (tertiary/aromatic N) is 1. The lowest BCUT2D eigenvalue weighted by Gasteiger charge is -2.36. The van der Waals surface area contributed by atoms with E-state index in [9.17, 15) is 9.59 Å². The maximum Gasteiger partial charge on any atom is 0.407 e. The number of rotatable bonds is 4. The van der Waals surface area contributed by atoms with E-state index in [2.05, 4.69) is 0 Å². The van der Waals surface area contributed by atoms with E-state index in [4.69, 9.17) is 9.84 Å². The molecule has 1 aliphatic heterocycles. The Balaban J connectivity index is 1.85. The number of hydrogen-bond acceptors (Lipinski definition) is 4. The van der Waals surface area contributed by atoms with E-state index < -0.39 is 6.09 Å². The van der Waals surface area contributed by atoms with Gasteiger partial charge in [-0.2, -0.15) is 11.8 Å². The fraction of sp³-hybridized carbons (Fsp3) is 0.867. The van der Waals surface area contributed by atoms with E-state index in [0.717, 1.165) is 44.3 Å². The first-order chi connectivity index (χ1) is 10.1. The van der Waals surface area contributed by atoms with Gasteiger partial charge in [0.25, 0.3) is 0 Å². The average Bonchev–Trinajstić information content (AvgIpc) is 2.53. The van der Waals surface area contributed by atoms with Gasteiger partial charge in [0, 0.05) is 24.1 Å². The highest BCUT2D eigenvalue weighted by atomic mass is 32.2. The number of hydrogen-bond donors (Lipinski definition) is 1. The molecule has 0 radical (unpaired) electrons. The quantitative estimate of drug-likeness (QED) is 0.808. The molecule has 1 N–H and O–H groups in total. The molecule has 1 heterocycles. The Bertz CT molecular complexity index is 374. The van der Waals surface area contributed by atoms with Crippen molar-refractivity contribution in [1.29, 1.82) is 0 Å². The zero-order chi connectivity index (χ0) is 15.3. The van der Waals surface area contributed by atoms with Crippen molar-refractivity contribution < 1.29 is 19.4 Å². The molecule has 21 heavy (non-hydrogen) atoms. The molecule has 120 valence electrons. The first-order valence-corrected chi connectivity index (χ1v) is 8.80. The van der Waals surface area contributed by atoms with Gasteiger partial charge >= 0.3 is 12.1 Å². The molecule has 2 rings (SSSR count). The maximum absolute atomic E-state index is 12.2. The van der Waals surface area contributed by atoms with E-state index in [1.54, 1.807) is 0 Å². The zero-order valence-electron chi connectivity index (χ0n) is 12.7. The van der Waals surface area contributed by atoms with Gasteiger partial charge in [-0.25, -0.2) is 4.79 Å². The van der Waals surface area contributed by atoms with Crippen LogP contribution in [0.3, 0.4) is 0 Å². The molecule has 0 aromatic carbocycles. The summed E-state index contributed by atoms with van der Waals surface area (Å²) in [7, 11) is 1.48. The van der Waals surface area contributed by atoms with Gasteiger partial charge in [-0.3, -0.25) is 4.79 Å². The van der Waals surface area contributed by atoms with Crippen LogP contribution in [0.4, 0.5) is 4.79 Å². The van der Waals surface area contributed by atoms with Crippen molar-refractivity contribution in [2.24, 2.45) is 5.41 Å². The van der Waals surface area contributed by atoms with Crippen molar-refractivity contribution in [3.63, 3.8) is 0 Å². The fourth-order valence-corrected chi connectivity index (χ4v) is 4.85. The number of carbonyl (C=O) groups is 2. The summed E-state index contributed by atoms with van der Waals surface area (Å²) in [6, 6.07) is 0. The zero-order valence-corrected chi connectivity index (χ0v) is 13.5. The van der Waals surface area contributed by atoms with Crippen molar-refractivity contribution in [3.8, 4) is 0 Å². The highest BCUT2D eigenvalue weighted by Gasteiger charge is 2.41. The highest BCUT2D eigenvalue weighted by Crippen LogP contribution is 2.42. The minimum absolute atomic E-state index is 0.0577. The molecule has 5 nitrogen and oxygen atoms in total. The number of methoxy groups -OCH3 is 1. The van der Waals surface area contributed by atoms with E-state index in [1.165, 1.54) is 18.4 Å². The summed E-state index contributed by atoms with van der Waals surface area (Å²) in [4.78, 5) is 24.6. The molecule has 0 spiro atoms. The smallest absolute Gasteiger partial charge is 0.407 e. The number of thioether (sulfide) groups is 1. The van der Waals surface area contributed by atoms with Crippen molar-refractivity contribution in [2.75, 3.05) is 26.0 Å². The number of likely N-dealkylation sites (tertiary alicyclic amines) is 1. The largest absolute Gasteiger partial charge is 0.469 e. The summed E-state index contributed by atoms with van der Waals surface area (Å²) >= 11 is 1.84. The molecule has 2 fully saturated rings. The average molecular weight is 315 g/mol. The standard InChI is InChI=1S/C15H25NO4S/c1-20-13(17)15(7-3-2-4-8-15)11-21-12-5-9-16(10-6-12)14(18)19/h12H,2-11H2,1H3,(H,18,19). The molecule has 0 aromatic heterocycles. The van der Waals surface area contributed by atoms with Crippen molar-refractivity contribution in [2.45, 2.75) is 50.2 Å². The number of piperidine rings is 1. The Morgan fingerprint density at radius 2 is 1.86 bits per heavy atom. The fourth-order valence-electron chi connectivity index (χ4n) is 3.34. The van der Waals surface area contributed by atoms with Crippen LogP contribution in [0.5, 0.6) is 0 Å². The van der Waals surface area contributed by atoms with Crippen LogP contribution >= 0.6 is 11.8 Å². The lowest BCUT2D eigenvalue weighted by molar-refractivity contribution is -0.153. The van der Waals surface area contributed by atoms with E-state index in [1.807, 2.05) is 11.8 Å². The second-order valence-electron chi connectivity index (χ2n) is 6.11. The second-order valence-corrected chi connectivity index (χ2v) is 7.40. The first kappa shape index (κ1) is 16.5. The molecular weight excluding hydrogens is 290 g/mol. The van der Waals surface area contributed by atoms with Gasteiger partial charge < -0.3 is 14.7 Å². The summed E-state index contributed by atoms with van der Waals surface area (Å²) in [5.41, 5.74) is -0.304. The normalized spacial score (nSPS) is 22.8. The predicted octanol–water partition coefficient (Wildman–Crippen LogP) is 2.99. The van der Waals surface area contributed by atoms with Crippen LogP contribution in [0.2, 0.25) is 0 Å². The lowest BCUT2D eigenvalue weighted by atomic mass is 9.75. The van der Waals surface area contributed by atoms with Crippen LogP contribution in [-0.2, 0) is 9.53 Å². The van der Waals surface area contributed by atoms with Gasteiger partial charge in [-0.15, -0.1) is 0 Å². The number of amides is 1. The van der Waals surface area contributed by atoms with E-state index in [-0.39, 0.29) is 11.4 Å². The van der Waals surface area contributed by atoms with Crippen LogP contribution < -0.4 is 0 Å². The molecule has 0 atom stereocenters. The van der Waals surface area contributed by atoms with E-state index >= 15 is 0 Å². The number of carboxylic acid groups (broad SMARTS) is 1. The van der Waals surface area contributed by atoms with Crippen molar-refractivity contribution in [1.82, 2.24) is 4.90 Å². The topological polar surface area (TPSA) is 66.8 Å². The third-order valence-corrected chi connectivity index (χ3v) is 6.40. The van der Waals surface area contributed by atoms with Crippen molar-refractivity contribution >= 4 is 23.8 Å². The molecule has 6 heteroatoms. The third-order valence-electron chi connectivity index (χ3n) is 4.74. The minimum Gasteiger partial charge on any atom is -0.469 e. The summed E-state index contributed by atoms with van der Waals surface area (Å²) in [6.45, 7) is 1.22. The van der Waals surface area contributed by atoms with Crippen LogP contribution in [0.1, 0.15) is 44.9 Å². The van der Waals surface area contributed by atoms with Crippen molar-refractivity contribution in [3.05, 3.63) is 0 Å². The molecular formula is C15H25NO4S. The molecule has 1 amide bonds. The number of esters is 1. The number of carbonyl (C=O) groups excluding carboxylic acids is 1. The van der Waals surface area contributed by atoms with Gasteiger partial charge in [0.1, 0.15) is 0 Å². The Hall–Kier alpha value is -0.910. The Morgan fingerprint density at radius 1 is 1.24 bits per heavy atom. The summed E-state index contributed by atoms with van der Waals surface area (Å²) in [6.07, 6.45) is 6.22. The third kappa shape index (κ3) is 4.05. The molecule has 0 bridgehead atoms. The summed E-state index contributed by atoms with van der Waals surface area (Å²) in [5, 5.41) is 9.42. The van der Waals surface area contributed by atoms with Crippen LogP contribution in [-0.4, -0.2) is 53.3 Å². The summed E-state index contributed by atoms with van der Waals surface area (Å²) in [5.74, 6) is 0.759. The summed E-state index contributed by atoms with van der Waals surface area (Å²) < 4.78 is 5.04. The second kappa shape index (κ2) is 7.38. The highest BCUT2D eigenvalue weighted by molar-refractivity contribution is 7.99. The number of ether oxygens (including phenoxy) is 1. The lowest BCUT2D eigenvalue weighted by Crippen LogP contribution is -2.40. The van der Waals surface area contributed by atoms with Gasteiger partial charge in [0.15, 0.2) is 0 Å². The monoisotopic (exact) mass is 315 g/mol. The van der Waals surface area contributed by atoms with Gasteiger partial charge in [0.2, 0.25) is 0 Å². The Kier molecular flexibility index (Phi) is 5.79. The van der Waals surface area contributed by atoms with Crippen LogP contribution in [0.25, 0.3) is 0 Å². The Labute approximate surface area is 130 Å². The molecule has 1 saturated carbocycles. The van der Waals surface area contributed by atoms with Gasteiger partial charge in [0.05, 0.1) is 12.5 Å². The predicted molar refractivity (Wildman–Crippen MR) is 82.6 cm³/mol. The van der Waals surface area contributed by atoms with Crippen LogP contribution in [0, 0.1) is 5.41 Å². The molecule has 0 aromatic rings. The minimum atomic E-state index is -0.822. The maximum atomic E-state index is 12.2. The Morgan fingerprint density at radius 3 is 2.38 bits per heavy atom. The first-order valence-electron chi connectivity index (χ1n) is 7.75. The molecule has 2 aliphatic rings. The molecule has 1 saturated heterocycles. The SMILES string of the molecule is COC(=O)C1(CSC2CCN(C(=O)O)CC2)CCCCC1. The van der Waals surface area contributed by atoms with Gasteiger partial charge in [-0.05, 0) is 25.7 Å². The molecule has 1 aliphatic carbocycles. The van der Waals surface area contributed by atoms with E-state index in [0.29, 0.717) is 18.3 Å².